The van der Waals surface area contributed by atoms with Crippen molar-refractivity contribution in [3.8, 4) is 39.9 Å². The Labute approximate surface area is 290 Å². The van der Waals surface area contributed by atoms with Crippen LogP contribution in [0, 0.1) is 0 Å². The SMILES string of the molecule is c1ccc(-c2nc(-c3cccc4oc5ccncc5c34)nc(-n3c4ccccc4c4ccc(-c5cccc6c5oc5ccccc56)cc43)n2)cc1. The van der Waals surface area contributed by atoms with Crippen molar-refractivity contribution < 1.29 is 8.83 Å². The molecular weight excluding hydrogens is 631 g/mol. The van der Waals surface area contributed by atoms with Crippen LogP contribution in [-0.4, -0.2) is 24.5 Å². The smallest absolute Gasteiger partial charge is 0.238 e. The van der Waals surface area contributed by atoms with Crippen LogP contribution in [0.15, 0.2) is 161 Å². The fourth-order valence-corrected chi connectivity index (χ4v) is 7.49. The van der Waals surface area contributed by atoms with E-state index >= 15 is 0 Å². The third-order valence-corrected chi connectivity index (χ3v) is 9.78. The van der Waals surface area contributed by atoms with E-state index in [0.29, 0.717) is 17.6 Å². The first-order valence-electron chi connectivity index (χ1n) is 16.8. The molecule has 0 amide bonds. The van der Waals surface area contributed by atoms with E-state index in [2.05, 4.69) is 76.3 Å². The molecule has 7 nitrogen and oxygen atoms in total. The Morgan fingerprint density at radius 1 is 0.451 bits per heavy atom. The molecule has 11 rings (SSSR count). The standard InChI is InChI=1S/C44H25N5O2/c1-2-10-26(11-3-1)42-46-43(33-16-9-19-39-40(33)34-25-45-23-22-38(34)50-39)48-44(47-42)49-35-17-6-4-12-29(35)30-21-20-27(24-36(30)49)28-14-8-15-32-31-13-5-7-18-37(31)51-41(28)32/h1-25H. The van der Waals surface area contributed by atoms with Gasteiger partial charge in [0.1, 0.15) is 22.3 Å². The van der Waals surface area contributed by atoms with E-state index in [1.54, 1.807) is 6.20 Å². The maximum Gasteiger partial charge on any atom is 0.238 e. The highest BCUT2D eigenvalue weighted by Gasteiger charge is 2.21. The lowest BCUT2D eigenvalue weighted by molar-refractivity contribution is 0.668. The maximum absolute atomic E-state index is 6.46. The highest BCUT2D eigenvalue weighted by atomic mass is 16.3. The quantitative estimate of drug-likeness (QED) is 0.188. The zero-order valence-corrected chi connectivity index (χ0v) is 27.0. The van der Waals surface area contributed by atoms with Gasteiger partial charge in [0.15, 0.2) is 11.6 Å². The summed E-state index contributed by atoms with van der Waals surface area (Å²) in [5.41, 5.74) is 9.03. The first-order valence-corrected chi connectivity index (χ1v) is 16.8. The minimum atomic E-state index is 0.520. The fourth-order valence-electron chi connectivity index (χ4n) is 7.49. The molecule has 6 aromatic carbocycles. The van der Waals surface area contributed by atoms with Gasteiger partial charge in [-0.1, -0.05) is 109 Å². The van der Waals surface area contributed by atoms with Gasteiger partial charge >= 0.3 is 0 Å². The van der Waals surface area contributed by atoms with E-state index in [9.17, 15) is 0 Å². The van der Waals surface area contributed by atoms with Crippen molar-refractivity contribution in [3.63, 3.8) is 0 Å². The zero-order chi connectivity index (χ0) is 33.5. The number of fused-ring (bicyclic) bond motifs is 9. The molecule has 0 bridgehead atoms. The van der Waals surface area contributed by atoms with Gasteiger partial charge in [-0.2, -0.15) is 9.97 Å². The van der Waals surface area contributed by atoms with Crippen LogP contribution in [0.2, 0.25) is 0 Å². The largest absolute Gasteiger partial charge is 0.456 e. The second-order valence-corrected chi connectivity index (χ2v) is 12.7. The Morgan fingerprint density at radius 3 is 2.12 bits per heavy atom. The summed E-state index contributed by atoms with van der Waals surface area (Å²) >= 11 is 0. The minimum absolute atomic E-state index is 0.520. The summed E-state index contributed by atoms with van der Waals surface area (Å²) in [6, 6.07) is 47.4. The third-order valence-electron chi connectivity index (χ3n) is 9.78. The Balaban J connectivity index is 1.20. The predicted octanol–water partition coefficient (Wildman–Crippen LogP) is 11.2. The Morgan fingerprint density at radius 2 is 1.18 bits per heavy atom. The van der Waals surface area contributed by atoms with Crippen LogP contribution in [0.25, 0.3) is 106 Å². The first kappa shape index (κ1) is 27.8. The van der Waals surface area contributed by atoms with Crippen LogP contribution in [0.5, 0.6) is 0 Å². The summed E-state index contributed by atoms with van der Waals surface area (Å²) in [6.07, 6.45) is 3.58. The van der Waals surface area contributed by atoms with Gasteiger partial charge in [0, 0.05) is 61.4 Å². The summed E-state index contributed by atoms with van der Waals surface area (Å²) in [5, 5.41) is 6.23. The summed E-state index contributed by atoms with van der Waals surface area (Å²) in [7, 11) is 0. The zero-order valence-electron chi connectivity index (χ0n) is 27.0. The van der Waals surface area contributed by atoms with Gasteiger partial charge in [-0.05, 0) is 35.9 Å². The summed E-state index contributed by atoms with van der Waals surface area (Å²) < 4.78 is 14.8. The number of hydrogen-bond acceptors (Lipinski definition) is 6. The van der Waals surface area contributed by atoms with Gasteiger partial charge < -0.3 is 8.83 Å². The number of nitrogens with zero attached hydrogens (tertiary/aromatic N) is 5. The van der Waals surface area contributed by atoms with Crippen LogP contribution < -0.4 is 0 Å². The van der Waals surface area contributed by atoms with Crippen molar-refractivity contribution in [1.82, 2.24) is 24.5 Å². The molecule has 0 fully saturated rings. The highest BCUT2D eigenvalue weighted by Crippen LogP contribution is 2.40. The molecule has 0 aliphatic heterocycles. The van der Waals surface area contributed by atoms with Crippen molar-refractivity contribution >= 4 is 65.7 Å². The average Bonchev–Trinajstić information content (AvgIpc) is 3.87. The van der Waals surface area contributed by atoms with Crippen LogP contribution >= 0.6 is 0 Å². The lowest BCUT2D eigenvalue weighted by Gasteiger charge is -2.12. The number of hydrogen-bond donors (Lipinski definition) is 0. The van der Waals surface area contributed by atoms with E-state index in [-0.39, 0.29) is 0 Å². The van der Waals surface area contributed by atoms with E-state index in [1.165, 1.54) is 0 Å². The van der Waals surface area contributed by atoms with Gasteiger partial charge in [0.25, 0.3) is 0 Å². The number of aromatic nitrogens is 5. The molecule has 7 heteroatoms. The Bertz CT molecular complexity index is 3160. The van der Waals surface area contributed by atoms with Crippen molar-refractivity contribution in [2.24, 2.45) is 0 Å². The van der Waals surface area contributed by atoms with Crippen molar-refractivity contribution in [2.45, 2.75) is 0 Å². The van der Waals surface area contributed by atoms with Crippen molar-refractivity contribution in [1.29, 1.82) is 0 Å². The third kappa shape index (κ3) is 4.18. The molecule has 238 valence electrons. The average molecular weight is 656 g/mol. The van der Waals surface area contributed by atoms with Gasteiger partial charge in [-0.25, -0.2) is 4.98 Å². The first-order chi connectivity index (χ1) is 25.3. The molecule has 0 unspecified atom stereocenters. The fraction of sp³-hybridized carbons (Fsp3) is 0. The number of para-hydroxylation sites is 3. The molecule has 0 saturated heterocycles. The topological polar surface area (TPSA) is 82.8 Å². The number of furan rings is 2. The van der Waals surface area contributed by atoms with Crippen LogP contribution in [-0.2, 0) is 0 Å². The van der Waals surface area contributed by atoms with Crippen molar-refractivity contribution in [2.75, 3.05) is 0 Å². The van der Waals surface area contributed by atoms with Crippen LogP contribution in [0.4, 0.5) is 0 Å². The predicted molar refractivity (Wildman–Crippen MR) is 203 cm³/mol. The van der Waals surface area contributed by atoms with Crippen LogP contribution in [0.3, 0.4) is 0 Å². The summed E-state index contributed by atoms with van der Waals surface area (Å²) in [5.74, 6) is 1.64. The normalized spacial score (nSPS) is 11.9. The maximum atomic E-state index is 6.46. The molecule has 0 aliphatic carbocycles. The molecule has 11 aromatic rings. The van der Waals surface area contributed by atoms with E-state index < -0.39 is 0 Å². The molecular formula is C44H25N5O2. The lowest BCUT2D eigenvalue weighted by atomic mass is 10.0. The Kier molecular flexibility index (Phi) is 5.83. The van der Waals surface area contributed by atoms with E-state index in [4.69, 9.17) is 23.8 Å². The van der Waals surface area contributed by atoms with Gasteiger partial charge in [0.2, 0.25) is 5.95 Å². The highest BCUT2D eigenvalue weighted by molar-refractivity contribution is 6.13. The number of benzene rings is 6. The van der Waals surface area contributed by atoms with Crippen molar-refractivity contribution in [3.05, 3.63) is 152 Å². The molecule has 0 aliphatic rings. The van der Waals surface area contributed by atoms with E-state index in [0.717, 1.165) is 87.9 Å². The second kappa shape index (κ2) is 10.7. The lowest BCUT2D eigenvalue weighted by Crippen LogP contribution is -2.06. The van der Waals surface area contributed by atoms with Crippen LogP contribution in [0.1, 0.15) is 0 Å². The van der Waals surface area contributed by atoms with Gasteiger partial charge in [-0.3, -0.25) is 9.55 Å². The second-order valence-electron chi connectivity index (χ2n) is 12.7. The molecule has 0 spiro atoms. The molecule has 0 saturated carbocycles. The monoisotopic (exact) mass is 655 g/mol. The minimum Gasteiger partial charge on any atom is -0.456 e. The number of pyridine rings is 1. The summed E-state index contributed by atoms with van der Waals surface area (Å²) in [6.45, 7) is 0. The molecule has 0 atom stereocenters. The van der Waals surface area contributed by atoms with E-state index in [1.807, 2.05) is 79.0 Å². The molecule has 5 heterocycles. The van der Waals surface area contributed by atoms with Gasteiger partial charge in [-0.15, -0.1) is 0 Å². The molecule has 0 N–H and O–H groups in total. The Hall–Kier alpha value is -7.12. The number of rotatable bonds is 4. The molecule has 0 radical (unpaired) electrons. The van der Waals surface area contributed by atoms with Gasteiger partial charge in [0.05, 0.1) is 11.0 Å². The molecule has 5 aromatic heterocycles. The molecule has 51 heavy (non-hydrogen) atoms. The summed E-state index contributed by atoms with van der Waals surface area (Å²) in [4.78, 5) is 19.9.